The predicted octanol–water partition coefficient (Wildman–Crippen LogP) is 3.69. The van der Waals surface area contributed by atoms with Crippen LogP contribution in [0.15, 0.2) is 24.3 Å². The molecule has 0 aliphatic carbocycles. The van der Waals surface area contributed by atoms with Crippen molar-refractivity contribution in [2.45, 2.75) is 70.2 Å². The summed E-state index contributed by atoms with van der Waals surface area (Å²) in [5, 5.41) is 9.29. The van der Waals surface area contributed by atoms with Crippen LogP contribution in [-0.4, -0.2) is 45.9 Å². The van der Waals surface area contributed by atoms with Crippen molar-refractivity contribution in [3.8, 4) is 5.75 Å². The zero-order valence-electron chi connectivity index (χ0n) is 14.9. The lowest BCUT2D eigenvalue weighted by atomic mass is 10.00. The number of para-hydroxylation sites is 1. The molecule has 6 nitrogen and oxygen atoms in total. The van der Waals surface area contributed by atoms with Gasteiger partial charge in [0.1, 0.15) is 23.0 Å². The first kappa shape index (κ1) is 17.6. The van der Waals surface area contributed by atoms with Crippen LogP contribution in [0.25, 0.3) is 0 Å². The van der Waals surface area contributed by atoms with Crippen molar-refractivity contribution in [2.75, 3.05) is 0 Å². The van der Waals surface area contributed by atoms with Crippen LogP contribution in [0.3, 0.4) is 0 Å². The van der Waals surface area contributed by atoms with Gasteiger partial charge in [-0.25, -0.2) is 9.59 Å². The number of ether oxygens (including phenoxy) is 2. The minimum absolute atomic E-state index is 0.0864. The average Bonchev–Trinajstić information content (AvgIpc) is 2.78. The van der Waals surface area contributed by atoms with E-state index in [1.54, 1.807) is 24.3 Å². The Morgan fingerprint density at radius 3 is 2.28 bits per heavy atom. The van der Waals surface area contributed by atoms with Crippen LogP contribution in [0.1, 0.15) is 56.8 Å². The molecule has 25 heavy (non-hydrogen) atoms. The maximum absolute atomic E-state index is 12.5. The molecule has 2 fully saturated rings. The van der Waals surface area contributed by atoms with Crippen LogP contribution in [-0.2, 0) is 4.74 Å². The Kier molecular flexibility index (Phi) is 4.62. The van der Waals surface area contributed by atoms with E-state index in [0.717, 1.165) is 12.8 Å². The van der Waals surface area contributed by atoms with Crippen LogP contribution in [0.2, 0.25) is 0 Å². The number of nitrogens with zero attached hydrogens (tertiary/aromatic N) is 1. The summed E-state index contributed by atoms with van der Waals surface area (Å²) in [7, 11) is 0. The number of amides is 1. The molecule has 1 amide bonds. The van der Waals surface area contributed by atoms with Crippen LogP contribution >= 0.6 is 0 Å². The van der Waals surface area contributed by atoms with Gasteiger partial charge in [-0.1, -0.05) is 12.1 Å². The summed E-state index contributed by atoms with van der Waals surface area (Å²) in [5.41, 5.74) is -0.339. The molecular weight excluding hydrogens is 322 g/mol. The number of benzene rings is 1. The Hall–Kier alpha value is -2.24. The van der Waals surface area contributed by atoms with E-state index in [1.807, 2.05) is 25.7 Å². The van der Waals surface area contributed by atoms with E-state index in [2.05, 4.69) is 0 Å². The summed E-state index contributed by atoms with van der Waals surface area (Å²) < 4.78 is 11.5. The van der Waals surface area contributed by atoms with Crippen molar-refractivity contribution in [3.05, 3.63) is 29.8 Å². The Balaban J connectivity index is 1.68. The van der Waals surface area contributed by atoms with Crippen molar-refractivity contribution >= 4 is 12.1 Å². The van der Waals surface area contributed by atoms with E-state index < -0.39 is 11.6 Å². The number of carboxylic acid groups (broad SMARTS) is 1. The summed E-state index contributed by atoms with van der Waals surface area (Å²) in [5.74, 6) is -0.602. The molecule has 136 valence electrons. The molecule has 2 aliphatic rings. The summed E-state index contributed by atoms with van der Waals surface area (Å²) >= 11 is 0. The SMILES string of the molecule is CC(C)(C)OC(=O)N1[C@@H]2CC[C@H]1C[C@@H](Oc1ccccc1C(=O)O)C2. The first-order valence-electron chi connectivity index (χ1n) is 8.75. The number of fused-ring (bicyclic) bond motifs is 2. The van der Waals surface area contributed by atoms with E-state index in [1.165, 1.54) is 0 Å². The molecule has 6 heteroatoms. The van der Waals surface area contributed by atoms with E-state index in [9.17, 15) is 14.7 Å². The van der Waals surface area contributed by atoms with Gasteiger partial charge in [-0.3, -0.25) is 0 Å². The molecule has 2 heterocycles. The minimum Gasteiger partial charge on any atom is -0.489 e. The number of aromatic carboxylic acids is 1. The molecule has 0 radical (unpaired) electrons. The summed E-state index contributed by atoms with van der Waals surface area (Å²) in [4.78, 5) is 25.7. The number of carbonyl (C=O) groups excluding carboxylic acids is 1. The zero-order chi connectivity index (χ0) is 18.2. The second-order valence-corrected chi connectivity index (χ2v) is 7.79. The van der Waals surface area contributed by atoms with Gasteiger partial charge >= 0.3 is 12.1 Å². The first-order chi connectivity index (χ1) is 11.7. The molecule has 0 unspecified atom stereocenters. The fraction of sp³-hybridized carbons (Fsp3) is 0.579. The van der Waals surface area contributed by atoms with Crippen molar-refractivity contribution in [1.29, 1.82) is 0 Å². The molecule has 3 rings (SSSR count). The number of carbonyl (C=O) groups is 2. The summed E-state index contributed by atoms with van der Waals surface area (Å²) in [6.45, 7) is 5.60. The molecule has 3 atom stereocenters. The summed E-state index contributed by atoms with van der Waals surface area (Å²) in [6, 6.07) is 6.87. The third kappa shape index (κ3) is 3.89. The van der Waals surface area contributed by atoms with E-state index in [0.29, 0.717) is 18.6 Å². The van der Waals surface area contributed by atoms with Gasteiger partial charge in [-0.2, -0.15) is 0 Å². The fourth-order valence-corrected chi connectivity index (χ4v) is 3.76. The first-order valence-corrected chi connectivity index (χ1v) is 8.75. The third-order valence-corrected chi connectivity index (χ3v) is 4.71. The van der Waals surface area contributed by atoms with Gasteiger partial charge < -0.3 is 19.5 Å². The van der Waals surface area contributed by atoms with Crippen molar-refractivity contribution in [2.24, 2.45) is 0 Å². The van der Waals surface area contributed by atoms with Crippen LogP contribution < -0.4 is 4.74 Å². The van der Waals surface area contributed by atoms with Crippen LogP contribution in [0.5, 0.6) is 5.75 Å². The second-order valence-electron chi connectivity index (χ2n) is 7.79. The van der Waals surface area contributed by atoms with Crippen molar-refractivity contribution in [1.82, 2.24) is 4.90 Å². The van der Waals surface area contributed by atoms with E-state index in [-0.39, 0.29) is 29.8 Å². The highest BCUT2D eigenvalue weighted by molar-refractivity contribution is 5.90. The van der Waals surface area contributed by atoms with E-state index in [4.69, 9.17) is 9.47 Å². The third-order valence-electron chi connectivity index (χ3n) is 4.71. The topological polar surface area (TPSA) is 76.1 Å². The number of carboxylic acids is 1. The Morgan fingerprint density at radius 2 is 1.72 bits per heavy atom. The molecule has 0 spiro atoms. The predicted molar refractivity (Wildman–Crippen MR) is 91.9 cm³/mol. The number of piperidine rings is 1. The lowest BCUT2D eigenvalue weighted by Gasteiger charge is -2.39. The highest BCUT2D eigenvalue weighted by Crippen LogP contribution is 2.38. The maximum atomic E-state index is 12.5. The average molecular weight is 347 g/mol. The molecular formula is C19H25NO5. The summed E-state index contributed by atoms with van der Waals surface area (Å²) in [6.07, 6.45) is 2.92. The van der Waals surface area contributed by atoms with Crippen LogP contribution in [0, 0.1) is 0 Å². The minimum atomic E-state index is -0.996. The highest BCUT2D eigenvalue weighted by Gasteiger charge is 2.45. The quantitative estimate of drug-likeness (QED) is 0.902. The zero-order valence-corrected chi connectivity index (χ0v) is 14.9. The maximum Gasteiger partial charge on any atom is 0.410 e. The number of hydrogen-bond donors (Lipinski definition) is 1. The van der Waals surface area contributed by atoms with Crippen molar-refractivity contribution < 1.29 is 24.2 Å². The molecule has 2 bridgehead atoms. The van der Waals surface area contributed by atoms with Gasteiger partial charge in [0.15, 0.2) is 0 Å². The molecule has 2 saturated heterocycles. The van der Waals surface area contributed by atoms with Gasteiger partial charge in [0.05, 0.1) is 0 Å². The second kappa shape index (κ2) is 6.58. The van der Waals surface area contributed by atoms with Gasteiger partial charge in [-0.15, -0.1) is 0 Å². The normalized spacial score (nSPS) is 25.6. The molecule has 0 aromatic heterocycles. The van der Waals surface area contributed by atoms with Gasteiger partial charge in [0.25, 0.3) is 0 Å². The number of rotatable bonds is 3. The Labute approximate surface area is 147 Å². The van der Waals surface area contributed by atoms with Crippen molar-refractivity contribution in [3.63, 3.8) is 0 Å². The molecule has 1 aromatic rings. The fourth-order valence-electron chi connectivity index (χ4n) is 3.76. The highest BCUT2D eigenvalue weighted by atomic mass is 16.6. The lowest BCUT2D eigenvalue weighted by Crippen LogP contribution is -2.50. The van der Waals surface area contributed by atoms with Crippen LogP contribution in [0.4, 0.5) is 4.79 Å². The standard InChI is InChI=1S/C19H25NO5/c1-19(2,3)25-18(23)20-12-8-9-13(20)11-14(10-12)24-16-7-5-4-6-15(16)17(21)22/h4-7,12-14H,8-11H2,1-3H3,(H,21,22)/t12-,13+,14+. The Bertz CT molecular complexity index is 652. The molecule has 2 aliphatic heterocycles. The van der Waals surface area contributed by atoms with Gasteiger partial charge in [0, 0.05) is 24.9 Å². The monoisotopic (exact) mass is 347 g/mol. The largest absolute Gasteiger partial charge is 0.489 e. The lowest BCUT2D eigenvalue weighted by molar-refractivity contribution is -0.00714. The molecule has 0 saturated carbocycles. The Morgan fingerprint density at radius 1 is 1.12 bits per heavy atom. The smallest absolute Gasteiger partial charge is 0.410 e. The van der Waals surface area contributed by atoms with Gasteiger partial charge in [-0.05, 0) is 45.7 Å². The molecule has 1 aromatic carbocycles. The molecule has 1 N–H and O–H groups in total. The number of hydrogen-bond acceptors (Lipinski definition) is 4. The van der Waals surface area contributed by atoms with E-state index >= 15 is 0 Å². The van der Waals surface area contributed by atoms with Gasteiger partial charge in [0.2, 0.25) is 0 Å².